The summed E-state index contributed by atoms with van der Waals surface area (Å²) < 4.78 is 0. The molecule has 2 aromatic rings. The van der Waals surface area contributed by atoms with Crippen LogP contribution < -0.4 is 5.32 Å². The topological polar surface area (TPSA) is 83.8 Å². The number of nitrogens with zero attached hydrogens (tertiary/aromatic N) is 2. The lowest BCUT2D eigenvalue weighted by molar-refractivity contribution is -0.384. The van der Waals surface area contributed by atoms with Crippen LogP contribution >= 0.6 is 11.6 Å². The Morgan fingerprint density at radius 3 is 3.00 bits per heavy atom. The molecule has 0 saturated heterocycles. The van der Waals surface area contributed by atoms with Gasteiger partial charge in [0.25, 0.3) is 5.69 Å². The largest absolute Gasteiger partial charge is 0.379 e. The number of nitro groups is 1. The van der Waals surface area contributed by atoms with E-state index in [1.54, 1.807) is 18.6 Å². The zero-order valence-electron chi connectivity index (χ0n) is 8.68. The third kappa shape index (κ3) is 2.73. The first-order valence-electron chi connectivity index (χ1n) is 4.82. The summed E-state index contributed by atoms with van der Waals surface area (Å²) in [7, 11) is 0. The zero-order valence-corrected chi connectivity index (χ0v) is 9.44. The van der Waals surface area contributed by atoms with Gasteiger partial charge in [-0.1, -0.05) is 11.6 Å². The van der Waals surface area contributed by atoms with Crippen LogP contribution in [0.4, 0.5) is 11.4 Å². The van der Waals surface area contributed by atoms with Gasteiger partial charge in [-0.3, -0.25) is 10.1 Å². The SMILES string of the molecule is O=[N+]([O-])c1cc(NCc2cnc[nH]2)ccc1Cl. The molecule has 0 fully saturated rings. The smallest absolute Gasteiger partial charge is 0.289 e. The molecule has 7 heteroatoms. The highest BCUT2D eigenvalue weighted by Crippen LogP contribution is 2.27. The van der Waals surface area contributed by atoms with Crippen LogP contribution in [0.3, 0.4) is 0 Å². The first-order valence-corrected chi connectivity index (χ1v) is 5.19. The van der Waals surface area contributed by atoms with Crippen LogP contribution in [-0.2, 0) is 6.54 Å². The van der Waals surface area contributed by atoms with Gasteiger partial charge < -0.3 is 10.3 Å². The highest BCUT2D eigenvalue weighted by Gasteiger charge is 2.12. The van der Waals surface area contributed by atoms with Crippen molar-refractivity contribution in [1.29, 1.82) is 0 Å². The predicted octanol–water partition coefficient (Wildman–Crippen LogP) is 2.58. The van der Waals surface area contributed by atoms with E-state index in [0.717, 1.165) is 5.69 Å². The minimum absolute atomic E-state index is 0.110. The van der Waals surface area contributed by atoms with Gasteiger partial charge in [0, 0.05) is 18.0 Å². The minimum atomic E-state index is -0.510. The van der Waals surface area contributed by atoms with Crippen molar-refractivity contribution >= 4 is 23.0 Å². The second kappa shape index (κ2) is 4.84. The van der Waals surface area contributed by atoms with Crippen molar-refractivity contribution in [2.45, 2.75) is 6.54 Å². The van der Waals surface area contributed by atoms with Crippen molar-refractivity contribution in [2.75, 3.05) is 5.32 Å². The van der Waals surface area contributed by atoms with Crippen molar-refractivity contribution in [2.24, 2.45) is 0 Å². The maximum absolute atomic E-state index is 10.7. The maximum atomic E-state index is 10.7. The lowest BCUT2D eigenvalue weighted by Crippen LogP contribution is -2.00. The molecule has 1 aromatic carbocycles. The third-order valence-electron chi connectivity index (χ3n) is 2.18. The first-order chi connectivity index (χ1) is 8.16. The van der Waals surface area contributed by atoms with E-state index in [0.29, 0.717) is 12.2 Å². The van der Waals surface area contributed by atoms with Crippen molar-refractivity contribution in [3.05, 3.63) is 51.6 Å². The summed E-state index contributed by atoms with van der Waals surface area (Å²) in [5.41, 5.74) is 1.42. The van der Waals surface area contributed by atoms with E-state index in [1.165, 1.54) is 12.1 Å². The number of hydrogen-bond acceptors (Lipinski definition) is 4. The Labute approximate surface area is 102 Å². The molecular formula is C10H9ClN4O2. The number of rotatable bonds is 4. The quantitative estimate of drug-likeness (QED) is 0.647. The Morgan fingerprint density at radius 1 is 1.53 bits per heavy atom. The molecule has 17 heavy (non-hydrogen) atoms. The Morgan fingerprint density at radius 2 is 2.35 bits per heavy atom. The summed E-state index contributed by atoms with van der Waals surface area (Å²) in [6, 6.07) is 4.58. The van der Waals surface area contributed by atoms with Gasteiger partial charge in [-0.25, -0.2) is 4.98 Å². The average molecular weight is 253 g/mol. The summed E-state index contributed by atoms with van der Waals surface area (Å²) in [6.45, 7) is 0.513. The van der Waals surface area contributed by atoms with Crippen LogP contribution in [0.15, 0.2) is 30.7 Å². The van der Waals surface area contributed by atoms with Crippen LogP contribution in [0.2, 0.25) is 5.02 Å². The summed E-state index contributed by atoms with van der Waals surface area (Å²) in [4.78, 5) is 17.0. The zero-order chi connectivity index (χ0) is 12.3. The van der Waals surface area contributed by atoms with Gasteiger partial charge >= 0.3 is 0 Å². The third-order valence-corrected chi connectivity index (χ3v) is 2.50. The van der Waals surface area contributed by atoms with Crippen molar-refractivity contribution in [3.63, 3.8) is 0 Å². The molecule has 2 rings (SSSR count). The fourth-order valence-electron chi connectivity index (χ4n) is 1.34. The van der Waals surface area contributed by atoms with Gasteiger partial charge in [0.1, 0.15) is 5.02 Å². The van der Waals surface area contributed by atoms with Crippen LogP contribution in [-0.4, -0.2) is 14.9 Å². The van der Waals surface area contributed by atoms with E-state index < -0.39 is 4.92 Å². The standard InChI is InChI=1S/C10H9ClN4O2/c11-9-2-1-7(3-10(9)15(16)17)13-5-8-4-12-6-14-8/h1-4,6,13H,5H2,(H,12,14). The molecule has 88 valence electrons. The second-order valence-corrected chi connectivity index (χ2v) is 3.76. The molecule has 0 aliphatic carbocycles. The molecule has 0 unspecified atom stereocenters. The lowest BCUT2D eigenvalue weighted by Gasteiger charge is -2.05. The van der Waals surface area contributed by atoms with Gasteiger partial charge in [-0.15, -0.1) is 0 Å². The molecule has 0 amide bonds. The Hall–Kier alpha value is -2.08. The number of anilines is 1. The van der Waals surface area contributed by atoms with Gasteiger partial charge in [0.15, 0.2) is 0 Å². The number of nitro benzene ring substituents is 1. The lowest BCUT2D eigenvalue weighted by atomic mass is 10.2. The number of imidazole rings is 1. The van der Waals surface area contributed by atoms with Crippen LogP contribution in [0.25, 0.3) is 0 Å². The molecule has 0 bridgehead atoms. The van der Waals surface area contributed by atoms with E-state index in [2.05, 4.69) is 15.3 Å². The van der Waals surface area contributed by atoms with Crippen LogP contribution in [0, 0.1) is 10.1 Å². The van der Waals surface area contributed by atoms with Gasteiger partial charge in [0.2, 0.25) is 0 Å². The minimum Gasteiger partial charge on any atom is -0.379 e. The fourth-order valence-corrected chi connectivity index (χ4v) is 1.53. The number of hydrogen-bond donors (Lipinski definition) is 2. The molecule has 0 saturated carbocycles. The Balaban J connectivity index is 2.11. The predicted molar refractivity (Wildman–Crippen MR) is 64.0 cm³/mol. The van der Waals surface area contributed by atoms with Gasteiger partial charge in [-0.05, 0) is 12.1 Å². The van der Waals surface area contributed by atoms with Crippen molar-refractivity contribution in [3.8, 4) is 0 Å². The molecule has 0 spiro atoms. The maximum Gasteiger partial charge on any atom is 0.289 e. The number of H-pyrrole nitrogens is 1. The molecule has 6 nitrogen and oxygen atoms in total. The first kappa shape index (κ1) is 11.4. The molecule has 0 atom stereocenters. The highest BCUT2D eigenvalue weighted by atomic mass is 35.5. The molecule has 0 aliphatic heterocycles. The Kier molecular flexibility index (Phi) is 3.24. The fraction of sp³-hybridized carbons (Fsp3) is 0.100. The number of aromatic amines is 1. The van der Waals surface area contributed by atoms with E-state index >= 15 is 0 Å². The van der Waals surface area contributed by atoms with Crippen LogP contribution in [0.1, 0.15) is 5.69 Å². The molecular weight excluding hydrogens is 244 g/mol. The number of aromatic nitrogens is 2. The van der Waals surface area contributed by atoms with Gasteiger partial charge in [0.05, 0.1) is 23.5 Å². The van der Waals surface area contributed by atoms with Crippen molar-refractivity contribution in [1.82, 2.24) is 9.97 Å². The summed E-state index contributed by atoms with van der Waals surface area (Å²) in [5.74, 6) is 0. The van der Waals surface area contributed by atoms with E-state index in [4.69, 9.17) is 11.6 Å². The van der Waals surface area contributed by atoms with Crippen LogP contribution in [0.5, 0.6) is 0 Å². The Bertz CT molecular complexity index is 527. The van der Waals surface area contributed by atoms with E-state index in [1.807, 2.05) is 0 Å². The number of benzene rings is 1. The van der Waals surface area contributed by atoms with E-state index in [-0.39, 0.29) is 10.7 Å². The summed E-state index contributed by atoms with van der Waals surface area (Å²) >= 11 is 5.71. The average Bonchev–Trinajstić information content (AvgIpc) is 2.80. The van der Waals surface area contributed by atoms with Gasteiger partial charge in [-0.2, -0.15) is 0 Å². The van der Waals surface area contributed by atoms with E-state index in [9.17, 15) is 10.1 Å². The summed E-state index contributed by atoms with van der Waals surface area (Å²) in [5, 5.41) is 13.8. The highest BCUT2D eigenvalue weighted by molar-refractivity contribution is 6.32. The molecule has 0 aliphatic rings. The number of nitrogens with one attached hydrogen (secondary N) is 2. The number of halogens is 1. The molecule has 2 N–H and O–H groups in total. The molecule has 0 radical (unpaired) electrons. The monoisotopic (exact) mass is 252 g/mol. The summed E-state index contributed by atoms with van der Waals surface area (Å²) in [6.07, 6.45) is 3.25. The normalized spacial score (nSPS) is 10.2. The van der Waals surface area contributed by atoms with Crippen molar-refractivity contribution < 1.29 is 4.92 Å². The molecule has 1 aromatic heterocycles. The second-order valence-electron chi connectivity index (χ2n) is 3.35. The molecule has 1 heterocycles.